The van der Waals surface area contributed by atoms with Gasteiger partial charge in [0.15, 0.2) is 0 Å². The number of rotatable bonds is 5. The van der Waals surface area contributed by atoms with E-state index in [9.17, 15) is 4.79 Å². The summed E-state index contributed by atoms with van der Waals surface area (Å²) in [5, 5.41) is 2.80. The summed E-state index contributed by atoms with van der Waals surface area (Å²) in [5.41, 5.74) is 0.640. The van der Waals surface area contributed by atoms with Crippen molar-refractivity contribution in [1.82, 2.24) is 5.32 Å². The Morgan fingerprint density at radius 2 is 2.06 bits per heavy atom. The van der Waals surface area contributed by atoms with Crippen LogP contribution < -0.4 is 10.1 Å². The molecule has 1 aromatic rings. The first-order valence-electron chi connectivity index (χ1n) is 5.50. The average Bonchev–Trinajstić information content (AvgIpc) is 2.27. The zero-order valence-corrected chi connectivity index (χ0v) is 11.2. The molecule has 0 fully saturated rings. The Kier molecular flexibility index (Phi) is 4.82. The second kappa shape index (κ2) is 5.92. The normalized spacial score (nSPS) is 11.1. The predicted molar refractivity (Wildman–Crippen MR) is 69.6 cm³/mol. The van der Waals surface area contributed by atoms with Crippen molar-refractivity contribution in [2.45, 2.75) is 26.3 Å². The number of benzene rings is 1. The molecule has 0 saturated carbocycles. The maximum atomic E-state index is 11.2. The van der Waals surface area contributed by atoms with Crippen molar-refractivity contribution in [2.24, 2.45) is 0 Å². The Balaban J connectivity index is 2.55. The molecular formula is C13H18ClNO2. The summed E-state index contributed by atoms with van der Waals surface area (Å²) in [4.78, 5) is 11.2. The monoisotopic (exact) mass is 255 g/mol. The molecule has 0 saturated heterocycles. The molecule has 0 spiro atoms. The van der Waals surface area contributed by atoms with E-state index >= 15 is 0 Å². The van der Waals surface area contributed by atoms with E-state index in [4.69, 9.17) is 16.3 Å². The molecule has 4 heteroatoms. The van der Waals surface area contributed by atoms with E-state index in [0.29, 0.717) is 6.61 Å². The molecule has 0 aromatic heterocycles. The van der Waals surface area contributed by atoms with Crippen LogP contribution in [0.1, 0.15) is 19.4 Å². The second-order valence-electron chi connectivity index (χ2n) is 4.62. The lowest BCUT2D eigenvalue weighted by molar-refractivity contribution is -0.120. The maximum Gasteiger partial charge on any atom is 0.235 e. The van der Waals surface area contributed by atoms with Gasteiger partial charge in [0, 0.05) is 0 Å². The molecule has 1 aromatic carbocycles. The predicted octanol–water partition coefficient (Wildman–Crippen LogP) is 2.51. The van der Waals surface area contributed by atoms with Gasteiger partial charge in [0.2, 0.25) is 5.91 Å². The van der Waals surface area contributed by atoms with Gasteiger partial charge in [-0.15, -0.1) is 11.6 Å². The zero-order chi connectivity index (χ0) is 12.9. The molecule has 0 atom stereocenters. The van der Waals surface area contributed by atoms with Crippen LogP contribution in [0.4, 0.5) is 0 Å². The second-order valence-corrected chi connectivity index (χ2v) is 4.89. The Morgan fingerprint density at radius 3 is 2.65 bits per heavy atom. The van der Waals surface area contributed by atoms with Crippen LogP contribution in [0.25, 0.3) is 0 Å². The van der Waals surface area contributed by atoms with Crippen molar-refractivity contribution in [2.75, 3.05) is 12.5 Å². The molecule has 1 rings (SSSR count). The van der Waals surface area contributed by atoms with Crippen LogP contribution in [0.2, 0.25) is 0 Å². The molecule has 94 valence electrons. The Morgan fingerprint density at radius 1 is 1.41 bits per heavy atom. The van der Waals surface area contributed by atoms with Crippen molar-refractivity contribution in [3.8, 4) is 5.75 Å². The minimum atomic E-state index is -0.436. The van der Waals surface area contributed by atoms with Crippen LogP contribution in [0, 0.1) is 6.92 Å². The van der Waals surface area contributed by atoms with Gasteiger partial charge in [0.05, 0.1) is 5.54 Å². The fourth-order valence-corrected chi connectivity index (χ4v) is 1.49. The third-order valence-corrected chi connectivity index (χ3v) is 2.52. The third kappa shape index (κ3) is 4.65. The highest BCUT2D eigenvalue weighted by molar-refractivity contribution is 6.27. The van der Waals surface area contributed by atoms with Crippen LogP contribution >= 0.6 is 11.6 Å². The van der Waals surface area contributed by atoms with E-state index in [2.05, 4.69) is 5.32 Å². The highest BCUT2D eigenvalue weighted by atomic mass is 35.5. The Bertz CT molecular complexity index is 391. The summed E-state index contributed by atoms with van der Waals surface area (Å²) in [6.07, 6.45) is 0. The van der Waals surface area contributed by atoms with Crippen molar-refractivity contribution in [3.05, 3.63) is 29.8 Å². The molecule has 17 heavy (non-hydrogen) atoms. The average molecular weight is 256 g/mol. The molecule has 3 nitrogen and oxygen atoms in total. The molecule has 1 N–H and O–H groups in total. The molecule has 0 bridgehead atoms. The Hall–Kier alpha value is -1.22. The smallest absolute Gasteiger partial charge is 0.235 e. The number of nitrogens with one attached hydrogen (secondary N) is 1. The highest BCUT2D eigenvalue weighted by Crippen LogP contribution is 2.17. The fraction of sp³-hybridized carbons (Fsp3) is 0.462. The van der Waals surface area contributed by atoms with Crippen LogP contribution in [0.5, 0.6) is 5.75 Å². The van der Waals surface area contributed by atoms with E-state index in [1.807, 2.05) is 45.0 Å². The van der Waals surface area contributed by atoms with Crippen LogP contribution in [-0.4, -0.2) is 23.9 Å². The van der Waals surface area contributed by atoms with Crippen molar-refractivity contribution in [3.63, 3.8) is 0 Å². The number of hydrogen-bond donors (Lipinski definition) is 1. The summed E-state index contributed by atoms with van der Waals surface area (Å²) < 4.78 is 5.69. The lowest BCUT2D eigenvalue weighted by atomic mass is 10.1. The first-order chi connectivity index (χ1) is 7.94. The van der Waals surface area contributed by atoms with E-state index < -0.39 is 5.54 Å². The summed E-state index contributed by atoms with van der Waals surface area (Å²) in [6, 6.07) is 7.78. The number of aryl methyl sites for hydroxylation is 1. The van der Waals surface area contributed by atoms with Crippen LogP contribution in [-0.2, 0) is 4.79 Å². The van der Waals surface area contributed by atoms with Crippen LogP contribution in [0.3, 0.4) is 0 Å². The topological polar surface area (TPSA) is 38.3 Å². The SMILES string of the molecule is Cc1ccccc1OCC(C)(C)NC(=O)CCl. The number of ether oxygens (including phenoxy) is 1. The molecule has 0 aliphatic carbocycles. The standard InChI is InChI=1S/C13H18ClNO2/c1-10-6-4-5-7-11(10)17-9-13(2,3)15-12(16)8-14/h4-7H,8-9H2,1-3H3,(H,15,16). The lowest BCUT2D eigenvalue weighted by Crippen LogP contribution is -2.48. The molecule has 0 unspecified atom stereocenters. The first-order valence-corrected chi connectivity index (χ1v) is 6.03. The van der Waals surface area contributed by atoms with E-state index in [1.54, 1.807) is 0 Å². The number of carbonyl (C=O) groups is 1. The van der Waals surface area contributed by atoms with Gasteiger partial charge in [-0.25, -0.2) is 0 Å². The molecule has 0 aliphatic rings. The highest BCUT2D eigenvalue weighted by Gasteiger charge is 2.21. The number of halogens is 1. The summed E-state index contributed by atoms with van der Waals surface area (Å²) in [6.45, 7) is 6.19. The van der Waals surface area contributed by atoms with E-state index in [0.717, 1.165) is 11.3 Å². The van der Waals surface area contributed by atoms with Gasteiger partial charge in [0.25, 0.3) is 0 Å². The maximum absolute atomic E-state index is 11.2. The first kappa shape index (κ1) is 13.8. The molecule has 0 aliphatic heterocycles. The molecule has 0 heterocycles. The summed E-state index contributed by atoms with van der Waals surface area (Å²) in [7, 11) is 0. The van der Waals surface area contributed by atoms with Gasteiger partial charge in [-0.05, 0) is 32.4 Å². The van der Waals surface area contributed by atoms with E-state index in [-0.39, 0.29) is 11.8 Å². The Labute approximate surface area is 107 Å². The minimum Gasteiger partial charge on any atom is -0.491 e. The van der Waals surface area contributed by atoms with E-state index in [1.165, 1.54) is 0 Å². The van der Waals surface area contributed by atoms with Gasteiger partial charge < -0.3 is 10.1 Å². The van der Waals surface area contributed by atoms with Crippen LogP contribution in [0.15, 0.2) is 24.3 Å². The van der Waals surface area contributed by atoms with Crippen molar-refractivity contribution in [1.29, 1.82) is 0 Å². The molecular weight excluding hydrogens is 238 g/mol. The van der Waals surface area contributed by atoms with Gasteiger partial charge in [-0.2, -0.15) is 0 Å². The minimum absolute atomic E-state index is 0.0339. The number of para-hydroxylation sites is 1. The van der Waals surface area contributed by atoms with Gasteiger partial charge in [-0.3, -0.25) is 4.79 Å². The zero-order valence-electron chi connectivity index (χ0n) is 10.4. The van der Waals surface area contributed by atoms with Gasteiger partial charge >= 0.3 is 0 Å². The number of carbonyl (C=O) groups excluding carboxylic acids is 1. The summed E-state index contributed by atoms with van der Waals surface area (Å²) in [5.74, 6) is 0.610. The number of hydrogen-bond acceptors (Lipinski definition) is 2. The summed E-state index contributed by atoms with van der Waals surface area (Å²) >= 11 is 5.45. The quantitative estimate of drug-likeness (QED) is 0.821. The fourth-order valence-electron chi connectivity index (χ4n) is 1.42. The van der Waals surface area contributed by atoms with Gasteiger partial charge in [-0.1, -0.05) is 18.2 Å². The number of alkyl halides is 1. The molecule has 0 radical (unpaired) electrons. The van der Waals surface area contributed by atoms with Crippen molar-refractivity contribution < 1.29 is 9.53 Å². The third-order valence-electron chi connectivity index (χ3n) is 2.28. The molecule has 1 amide bonds. The van der Waals surface area contributed by atoms with Crippen molar-refractivity contribution >= 4 is 17.5 Å². The largest absolute Gasteiger partial charge is 0.491 e. The number of amides is 1. The lowest BCUT2D eigenvalue weighted by Gasteiger charge is -2.26. The van der Waals surface area contributed by atoms with Gasteiger partial charge in [0.1, 0.15) is 18.2 Å².